The molecule has 16 radical (unpaired) electrons. The first kappa shape index (κ1) is 35.0. The van der Waals surface area contributed by atoms with Gasteiger partial charge in [0.15, 0.2) is 5.69 Å². The third kappa shape index (κ3) is 5.61. The average Bonchev–Trinajstić information content (AvgIpc) is 3.29. The van der Waals surface area contributed by atoms with Crippen LogP contribution in [-0.2, 0) is 9.84 Å². The lowest BCUT2D eigenvalue weighted by Crippen LogP contribution is -2.90. The number of hydrogen-bond acceptors (Lipinski definition) is 6. The van der Waals surface area contributed by atoms with Gasteiger partial charge < -0.3 is 0 Å². The van der Waals surface area contributed by atoms with E-state index >= 15 is 0 Å². The van der Waals surface area contributed by atoms with E-state index in [-0.39, 0.29) is 22.2 Å². The molecule has 0 spiro atoms. The minimum absolute atomic E-state index is 0.214. The maximum Gasteiger partial charge on any atom is 0.286 e. The first-order valence-electron chi connectivity index (χ1n) is 12.9. The van der Waals surface area contributed by atoms with Crippen LogP contribution < -0.4 is 5.43 Å². The summed E-state index contributed by atoms with van der Waals surface area (Å²) in [6.45, 7) is 1.58. The Balaban J connectivity index is 1.85. The van der Waals surface area contributed by atoms with Crippen molar-refractivity contribution in [2.24, 2.45) is 0 Å². The summed E-state index contributed by atoms with van der Waals surface area (Å²) in [5, 5.41) is 3.98. The molecule has 2 heterocycles. The Bertz CT molecular complexity index is 1870. The Hall–Kier alpha value is -2.82. The van der Waals surface area contributed by atoms with E-state index in [1.807, 2.05) is 6.07 Å². The van der Waals surface area contributed by atoms with Crippen molar-refractivity contribution < 1.29 is 13.2 Å². The van der Waals surface area contributed by atoms with Crippen LogP contribution in [0.5, 0.6) is 0 Å². The number of rotatable bonds is 5. The molecule has 1 aromatic heterocycles. The van der Waals surface area contributed by atoms with Crippen LogP contribution in [0.4, 0.5) is 0 Å². The highest BCUT2D eigenvalue weighted by molar-refractivity contribution is 7.99. The van der Waals surface area contributed by atoms with Crippen molar-refractivity contribution >= 4 is 102 Å². The number of carbonyl (C=O) groups is 1. The molecular weight excluding hydrogens is 620 g/mol. The molecule has 45 heavy (non-hydrogen) atoms. The highest BCUT2D eigenvalue weighted by Crippen LogP contribution is 2.44. The zero-order chi connectivity index (χ0) is 33.8. The van der Waals surface area contributed by atoms with Gasteiger partial charge in [-0.3, -0.25) is 14.8 Å². The molecule has 1 aliphatic rings. The summed E-state index contributed by atoms with van der Waals surface area (Å²) >= 11 is 12.6. The molecule has 1 aliphatic heterocycles. The fraction of sp³-hybridized carbons (Fsp3) is 0.269. The van der Waals surface area contributed by atoms with E-state index in [4.69, 9.17) is 91.2 Å². The minimum atomic E-state index is -5.04. The molecule has 8 nitrogen and oxygen atoms in total. The van der Waals surface area contributed by atoms with Crippen LogP contribution >= 0.6 is 23.2 Å². The van der Waals surface area contributed by atoms with Crippen molar-refractivity contribution in [3.05, 3.63) is 69.5 Å². The topological polar surface area (TPSA) is 108 Å². The molecule has 1 saturated heterocycles. The van der Waals surface area contributed by atoms with Gasteiger partial charge in [0, 0.05) is 43.8 Å². The Morgan fingerprint density at radius 3 is 2.07 bits per heavy atom. The van der Waals surface area contributed by atoms with Crippen molar-refractivity contribution in [3.8, 4) is 35.0 Å². The number of nitrogens with zero attached hydrogens (tertiary/aromatic N) is 4. The summed E-state index contributed by atoms with van der Waals surface area (Å²) in [7, 11) is 42.5. The number of imidazole rings is 1. The lowest BCUT2D eigenvalue weighted by molar-refractivity contribution is 0.0584. The van der Waals surface area contributed by atoms with Gasteiger partial charge in [0.2, 0.25) is 0 Å². The number of hydrogen-bond donors (Lipinski definition) is 1. The van der Waals surface area contributed by atoms with Crippen LogP contribution in [0, 0.1) is 30.1 Å². The third-order valence-corrected chi connectivity index (χ3v) is 10.3. The van der Waals surface area contributed by atoms with Crippen molar-refractivity contribution in [2.45, 2.75) is 39.5 Å². The fourth-order valence-corrected chi connectivity index (χ4v) is 6.66. The monoisotopic (exact) mass is 635 g/mol. The van der Waals surface area contributed by atoms with Crippen LogP contribution in [0.25, 0.3) is 17.1 Å². The number of carbonyl (C=O) groups excluding carboxylic acids is 1. The molecule has 1 amide bonds. The summed E-state index contributed by atoms with van der Waals surface area (Å²) in [5.74, 6) is 5.08. The van der Waals surface area contributed by atoms with E-state index in [2.05, 4.69) is 22.3 Å². The molecule has 0 bridgehead atoms. The van der Waals surface area contributed by atoms with E-state index < -0.39 is 35.5 Å². The molecule has 0 unspecified atom stereocenters. The molecule has 0 atom stereocenters. The SMILES string of the molecule is [B]C1([B])N(NC(=O)c2nc(-c3ccc(Cl)cc3Cl)n(-c3ccc(C#CCCC#N)cc3)c2C)C([B])([B])C([B])([B])S(=O)(=O)C1([B])[B]. The zero-order valence-electron chi connectivity index (χ0n) is 23.8. The lowest BCUT2D eigenvalue weighted by Gasteiger charge is -2.68. The Kier molecular flexibility index (Phi) is 9.41. The summed E-state index contributed by atoms with van der Waals surface area (Å²) in [6, 6.07) is 13.7. The van der Waals surface area contributed by atoms with Crippen LogP contribution in [0.2, 0.25) is 10.0 Å². The molecule has 19 heteroatoms. The maximum atomic E-state index is 13.8. The second-order valence-electron chi connectivity index (χ2n) is 10.4. The summed E-state index contributed by atoms with van der Waals surface area (Å²) in [6.07, 6.45) is 0.729. The zero-order valence-corrected chi connectivity index (χ0v) is 26.1. The second kappa shape index (κ2) is 12.1. The standard InChI is InChI=1S/C26H15B8Cl2N5O3S/c1-14-20(22(42)39-41-23(27,28)25(31,32)45(43,44)26(33,34)24(41,29)30)38-21(18-11-8-16(35)13-19(18)36)40(14)17-9-6-15(7-10-17)5-3-2-4-12-37/h6-11,13H,2,4H2,1H3,(H,39,42). The quantitative estimate of drug-likeness (QED) is 0.243. The normalized spacial score (nSPS) is 19.0. The highest BCUT2D eigenvalue weighted by Gasteiger charge is 2.65. The molecule has 4 rings (SSSR count). The first-order valence-corrected chi connectivity index (χ1v) is 15.2. The van der Waals surface area contributed by atoms with Crippen molar-refractivity contribution in [3.63, 3.8) is 0 Å². The van der Waals surface area contributed by atoms with E-state index in [0.717, 1.165) is 0 Å². The number of aromatic nitrogens is 2. The molecule has 2 aromatic carbocycles. The Labute approximate surface area is 282 Å². The van der Waals surface area contributed by atoms with Gasteiger partial charge in [0.05, 0.1) is 79.6 Å². The van der Waals surface area contributed by atoms with Gasteiger partial charge in [0.1, 0.15) is 15.7 Å². The van der Waals surface area contributed by atoms with Crippen molar-refractivity contribution in [2.75, 3.05) is 0 Å². The predicted octanol–water partition coefficient (Wildman–Crippen LogP) is 0.148. The van der Waals surface area contributed by atoms with Gasteiger partial charge in [-0.25, -0.2) is 18.4 Å². The maximum absolute atomic E-state index is 13.8. The van der Waals surface area contributed by atoms with E-state index in [9.17, 15) is 13.2 Å². The second-order valence-corrected chi connectivity index (χ2v) is 13.6. The number of unbranched alkanes of at least 4 members (excludes halogenated alkanes) is 1. The summed E-state index contributed by atoms with van der Waals surface area (Å²) in [5.41, 5.74) is 3.93. The van der Waals surface area contributed by atoms with Gasteiger partial charge in [-0.05, 0) is 60.1 Å². The van der Waals surface area contributed by atoms with Gasteiger partial charge in [-0.15, -0.1) is 0 Å². The number of nitriles is 1. The highest BCUT2D eigenvalue weighted by atomic mass is 35.5. The average molecular weight is 635 g/mol. The van der Waals surface area contributed by atoms with Crippen LogP contribution in [0.1, 0.15) is 34.6 Å². The van der Waals surface area contributed by atoms with E-state index in [1.54, 1.807) is 47.9 Å². The number of sulfone groups is 1. The minimum Gasteiger partial charge on any atom is -0.296 e. The summed E-state index contributed by atoms with van der Waals surface area (Å²) in [4.78, 5) is 18.4. The van der Waals surface area contributed by atoms with Crippen LogP contribution in [0.15, 0.2) is 42.5 Å². The molecular formula is C26H15B8Cl2N5O3S. The molecule has 1 N–H and O–H groups in total. The molecule has 3 aromatic rings. The smallest absolute Gasteiger partial charge is 0.286 e. The number of benzene rings is 2. The van der Waals surface area contributed by atoms with Gasteiger partial charge in [-0.1, -0.05) is 35.0 Å². The molecule has 0 aliphatic carbocycles. The van der Waals surface area contributed by atoms with Gasteiger partial charge in [-0.2, -0.15) is 5.26 Å². The number of amides is 1. The van der Waals surface area contributed by atoms with Crippen molar-refractivity contribution in [1.29, 1.82) is 5.26 Å². The molecule has 0 saturated carbocycles. The largest absolute Gasteiger partial charge is 0.296 e. The number of halogens is 2. The van der Waals surface area contributed by atoms with Crippen molar-refractivity contribution in [1.82, 2.24) is 20.0 Å². The lowest BCUT2D eigenvalue weighted by atomic mass is 9.35. The summed E-state index contributed by atoms with van der Waals surface area (Å²) < 4.78 is 21.6. The van der Waals surface area contributed by atoms with E-state index in [1.165, 1.54) is 6.07 Å². The number of hydrazine groups is 1. The first-order chi connectivity index (χ1) is 20.7. The number of nitrogens with one attached hydrogen (secondary N) is 1. The van der Waals surface area contributed by atoms with Crippen LogP contribution in [0.3, 0.4) is 0 Å². The molecule has 206 valence electrons. The van der Waals surface area contributed by atoms with Crippen LogP contribution in [-0.4, -0.2) is 111 Å². The van der Waals surface area contributed by atoms with Gasteiger partial charge >= 0.3 is 0 Å². The Morgan fingerprint density at radius 2 is 1.53 bits per heavy atom. The Morgan fingerprint density at radius 1 is 0.956 bits per heavy atom. The van der Waals surface area contributed by atoms with Gasteiger partial charge in [0.25, 0.3) is 5.91 Å². The third-order valence-electron chi connectivity index (χ3n) is 7.31. The predicted molar refractivity (Wildman–Crippen MR) is 181 cm³/mol. The van der Waals surface area contributed by atoms with E-state index in [0.29, 0.717) is 39.7 Å². The molecule has 1 fully saturated rings. The fourth-order valence-electron chi connectivity index (χ4n) is 4.57.